The van der Waals surface area contributed by atoms with E-state index in [-0.39, 0.29) is 24.7 Å². The summed E-state index contributed by atoms with van der Waals surface area (Å²) in [5.41, 5.74) is 2.62. The van der Waals surface area contributed by atoms with E-state index in [1.807, 2.05) is 12.1 Å². The van der Waals surface area contributed by atoms with Gasteiger partial charge in [0.2, 0.25) is 5.91 Å². The van der Waals surface area contributed by atoms with E-state index in [0.29, 0.717) is 30.6 Å². The number of hydrogen-bond donors (Lipinski definition) is 2. The molecule has 1 aliphatic heterocycles. The van der Waals surface area contributed by atoms with E-state index < -0.39 is 24.9 Å². The van der Waals surface area contributed by atoms with Crippen molar-refractivity contribution in [2.75, 3.05) is 13.1 Å². The molecule has 0 spiro atoms. The zero-order valence-electron chi connectivity index (χ0n) is 15.1. The van der Waals surface area contributed by atoms with Gasteiger partial charge in [-0.15, -0.1) is 0 Å². The standard InChI is InChI=1S/C18H20F3N5O2/c19-18(20,21)6-1-15(27)26-10-5-13-14(11-26)24-25-16(13)17(28)23-9-4-12-2-7-22-8-3-12/h2-3,7-8H,1,4-6,9-11H2,(H,23,28)(H,24,25). The first-order valence-electron chi connectivity index (χ1n) is 8.91. The summed E-state index contributed by atoms with van der Waals surface area (Å²) in [4.78, 5) is 29.7. The number of aromatic amines is 1. The van der Waals surface area contributed by atoms with Gasteiger partial charge in [0.05, 0.1) is 18.7 Å². The molecule has 2 aromatic rings. The van der Waals surface area contributed by atoms with Crippen LogP contribution in [0.4, 0.5) is 13.2 Å². The van der Waals surface area contributed by atoms with Gasteiger partial charge in [-0.3, -0.25) is 19.7 Å². The number of H-pyrrole nitrogens is 1. The van der Waals surface area contributed by atoms with E-state index >= 15 is 0 Å². The van der Waals surface area contributed by atoms with E-state index in [0.717, 1.165) is 5.56 Å². The lowest BCUT2D eigenvalue weighted by atomic mass is 10.0. The minimum absolute atomic E-state index is 0.128. The Balaban J connectivity index is 1.54. The number of alkyl halides is 3. The summed E-state index contributed by atoms with van der Waals surface area (Å²) < 4.78 is 36.9. The quantitative estimate of drug-likeness (QED) is 0.783. The molecule has 0 unspecified atom stereocenters. The highest BCUT2D eigenvalue weighted by Crippen LogP contribution is 2.24. The Morgan fingerprint density at radius 1 is 1.25 bits per heavy atom. The molecule has 0 bridgehead atoms. The minimum Gasteiger partial charge on any atom is -0.350 e. The van der Waals surface area contributed by atoms with Crippen LogP contribution >= 0.6 is 0 Å². The van der Waals surface area contributed by atoms with Crippen molar-refractivity contribution < 1.29 is 22.8 Å². The van der Waals surface area contributed by atoms with Gasteiger partial charge in [0, 0.05) is 37.5 Å². The van der Waals surface area contributed by atoms with Gasteiger partial charge in [0.15, 0.2) is 5.69 Å². The average Bonchev–Trinajstić information content (AvgIpc) is 3.09. The fourth-order valence-corrected chi connectivity index (χ4v) is 3.08. The summed E-state index contributed by atoms with van der Waals surface area (Å²) in [5, 5.41) is 9.58. The number of nitrogens with zero attached hydrogens (tertiary/aromatic N) is 3. The minimum atomic E-state index is -4.36. The van der Waals surface area contributed by atoms with Crippen LogP contribution in [0.5, 0.6) is 0 Å². The molecule has 2 amide bonds. The molecule has 0 saturated carbocycles. The fourth-order valence-electron chi connectivity index (χ4n) is 3.08. The van der Waals surface area contributed by atoms with E-state index in [1.165, 1.54) is 4.90 Å². The van der Waals surface area contributed by atoms with Crippen LogP contribution in [0.3, 0.4) is 0 Å². The lowest BCUT2D eigenvalue weighted by Crippen LogP contribution is -2.37. The van der Waals surface area contributed by atoms with Crippen LogP contribution in [0.25, 0.3) is 0 Å². The number of fused-ring (bicyclic) bond motifs is 1. The number of carbonyl (C=O) groups excluding carboxylic acids is 2. The Kier molecular flexibility index (Phi) is 5.96. The summed E-state index contributed by atoms with van der Waals surface area (Å²) in [6.45, 7) is 0.830. The maximum Gasteiger partial charge on any atom is 0.389 e. The van der Waals surface area contributed by atoms with Crippen molar-refractivity contribution in [3.63, 3.8) is 0 Å². The molecule has 7 nitrogen and oxygen atoms in total. The number of amides is 2. The molecule has 0 saturated heterocycles. The largest absolute Gasteiger partial charge is 0.389 e. The third kappa shape index (κ3) is 5.08. The molecule has 0 aliphatic carbocycles. The fraction of sp³-hybridized carbons (Fsp3) is 0.444. The molecule has 2 N–H and O–H groups in total. The van der Waals surface area contributed by atoms with Crippen LogP contribution < -0.4 is 5.32 Å². The number of hydrogen-bond acceptors (Lipinski definition) is 4. The van der Waals surface area contributed by atoms with Crippen LogP contribution in [0.2, 0.25) is 0 Å². The molecule has 2 aromatic heterocycles. The molecule has 0 aromatic carbocycles. The lowest BCUT2D eigenvalue weighted by Gasteiger charge is -2.27. The number of rotatable bonds is 6. The molecule has 10 heteroatoms. The first-order valence-corrected chi connectivity index (χ1v) is 8.91. The van der Waals surface area contributed by atoms with E-state index in [1.54, 1.807) is 12.4 Å². The Hall–Kier alpha value is -2.91. The van der Waals surface area contributed by atoms with Crippen molar-refractivity contribution in [2.24, 2.45) is 0 Å². The van der Waals surface area contributed by atoms with Crippen LogP contribution in [0.15, 0.2) is 24.5 Å². The molecule has 0 fully saturated rings. The molecule has 0 atom stereocenters. The molecule has 0 radical (unpaired) electrons. The van der Waals surface area contributed by atoms with Gasteiger partial charge < -0.3 is 10.2 Å². The smallest absolute Gasteiger partial charge is 0.350 e. The second-order valence-electron chi connectivity index (χ2n) is 6.57. The summed E-state index contributed by atoms with van der Waals surface area (Å²) >= 11 is 0. The number of aromatic nitrogens is 3. The number of carbonyl (C=O) groups is 2. The SMILES string of the molecule is O=C(NCCc1ccncc1)c1n[nH]c2c1CCN(C(=O)CCC(F)(F)F)C2. The van der Waals surface area contributed by atoms with Gasteiger partial charge in [-0.2, -0.15) is 18.3 Å². The van der Waals surface area contributed by atoms with Crippen LogP contribution in [0.1, 0.15) is 40.2 Å². The third-order valence-corrected chi connectivity index (χ3v) is 4.57. The van der Waals surface area contributed by atoms with Crippen molar-refractivity contribution >= 4 is 11.8 Å². The summed E-state index contributed by atoms with van der Waals surface area (Å²) in [6.07, 6.45) is -1.67. The Morgan fingerprint density at radius 3 is 2.71 bits per heavy atom. The molecule has 150 valence electrons. The monoisotopic (exact) mass is 395 g/mol. The van der Waals surface area contributed by atoms with Crippen LogP contribution in [-0.4, -0.2) is 51.2 Å². The number of pyridine rings is 1. The topological polar surface area (TPSA) is 91.0 Å². The van der Waals surface area contributed by atoms with Crippen molar-refractivity contribution in [2.45, 2.75) is 38.4 Å². The number of halogens is 3. The predicted molar refractivity (Wildman–Crippen MR) is 93.3 cm³/mol. The van der Waals surface area contributed by atoms with E-state index in [4.69, 9.17) is 0 Å². The molecular formula is C18H20F3N5O2. The highest BCUT2D eigenvalue weighted by atomic mass is 19.4. The summed E-state index contributed by atoms with van der Waals surface area (Å²) in [5.74, 6) is -0.871. The molecule has 28 heavy (non-hydrogen) atoms. The van der Waals surface area contributed by atoms with E-state index in [2.05, 4.69) is 20.5 Å². The van der Waals surface area contributed by atoms with Gasteiger partial charge in [0.25, 0.3) is 5.91 Å². The highest BCUT2D eigenvalue weighted by Gasteiger charge is 2.31. The van der Waals surface area contributed by atoms with Gasteiger partial charge in [-0.1, -0.05) is 0 Å². The number of nitrogens with one attached hydrogen (secondary N) is 2. The molecule has 3 heterocycles. The van der Waals surface area contributed by atoms with Crippen molar-refractivity contribution in [3.05, 3.63) is 47.0 Å². The third-order valence-electron chi connectivity index (χ3n) is 4.57. The van der Waals surface area contributed by atoms with Gasteiger partial charge in [-0.05, 0) is 30.5 Å². The Labute approximate surface area is 159 Å². The maximum absolute atomic E-state index is 12.4. The highest BCUT2D eigenvalue weighted by molar-refractivity contribution is 5.94. The van der Waals surface area contributed by atoms with Gasteiger partial charge in [-0.25, -0.2) is 0 Å². The predicted octanol–water partition coefficient (Wildman–Crippen LogP) is 2.00. The first kappa shape index (κ1) is 19.8. The van der Waals surface area contributed by atoms with E-state index in [9.17, 15) is 22.8 Å². The van der Waals surface area contributed by atoms with Gasteiger partial charge >= 0.3 is 6.18 Å². The second kappa shape index (κ2) is 8.41. The second-order valence-corrected chi connectivity index (χ2v) is 6.57. The average molecular weight is 395 g/mol. The zero-order chi connectivity index (χ0) is 20.1. The Morgan fingerprint density at radius 2 is 2.00 bits per heavy atom. The van der Waals surface area contributed by atoms with Crippen molar-refractivity contribution in [3.8, 4) is 0 Å². The summed E-state index contributed by atoms with van der Waals surface area (Å²) in [6, 6.07) is 3.74. The molecule has 3 rings (SSSR count). The van der Waals surface area contributed by atoms with Crippen LogP contribution in [-0.2, 0) is 24.2 Å². The normalized spacial score (nSPS) is 13.9. The van der Waals surface area contributed by atoms with Gasteiger partial charge in [0.1, 0.15) is 0 Å². The van der Waals surface area contributed by atoms with Crippen molar-refractivity contribution in [1.82, 2.24) is 25.4 Å². The summed E-state index contributed by atoms with van der Waals surface area (Å²) in [7, 11) is 0. The maximum atomic E-state index is 12.4. The Bertz CT molecular complexity index is 835. The molecular weight excluding hydrogens is 375 g/mol. The lowest BCUT2D eigenvalue weighted by molar-refractivity contribution is -0.149. The first-order chi connectivity index (χ1) is 13.3. The van der Waals surface area contributed by atoms with Crippen LogP contribution in [0, 0.1) is 0 Å². The molecule has 1 aliphatic rings. The zero-order valence-corrected chi connectivity index (χ0v) is 15.1. The van der Waals surface area contributed by atoms with Crippen molar-refractivity contribution in [1.29, 1.82) is 0 Å².